The van der Waals surface area contributed by atoms with Crippen LogP contribution in [0.2, 0.25) is 0 Å². The Labute approximate surface area is 205 Å². The van der Waals surface area contributed by atoms with Gasteiger partial charge in [-0.25, -0.2) is 4.79 Å². The summed E-state index contributed by atoms with van der Waals surface area (Å²) in [6.45, 7) is 2.17. The molecule has 2 heterocycles. The maximum atomic E-state index is 13.6. The lowest BCUT2D eigenvalue weighted by Gasteiger charge is -2.36. The Hall–Kier alpha value is -3.99. The van der Waals surface area contributed by atoms with E-state index < -0.39 is 11.9 Å². The van der Waals surface area contributed by atoms with Crippen LogP contribution in [0.25, 0.3) is 0 Å². The number of hydrogen-bond acceptors (Lipinski definition) is 5. The molecule has 2 aromatic carbocycles. The fourth-order valence-electron chi connectivity index (χ4n) is 5.14. The van der Waals surface area contributed by atoms with E-state index in [0.717, 1.165) is 34.5 Å². The van der Waals surface area contributed by atoms with E-state index in [1.54, 1.807) is 12.4 Å². The quantitative estimate of drug-likeness (QED) is 0.506. The molecule has 2 aliphatic rings. The van der Waals surface area contributed by atoms with Crippen molar-refractivity contribution in [1.82, 2.24) is 10.3 Å². The second-order valence-corrected chi connectivity index (χ2v) is 9.08. The lowest BCUT2D eigenvalue weighted by atomic mass is 9.72. The molecule has 0 spiro atoms. The molecule has 0 bridgehead atoms. The van der Waals surface area contributed by atoms with E-state index in [4.69, 9.17) is 4.74 Å². The van der Waals surface area contributed by atoms with Gasteiger partial charge in [-0.15, -0.1) is 0 Å². The summed E-state index contributed by atoms with van der Waals surface area (Å²) in [6, 6.07) is 23.8. The van der Waals surface area contributed by atoms with Crippen LogP contribution in [0.5, 0.6) is 0 Å². The van der Waals surface area contributed by atoms with Crippen molar-refractivity contribution >= 4 is 11.8 Å². The number of rotatable bonds is 6. The minimum absolute atomic E-state index is 0.0662. The number of esters is 1. The summed E-state index contributed by atoms with van der Waals surface area (Å²) in [5.41, 5.74) is 5.93. The van der Waals surface area contributed by atoms with Gasteiger partial charge in [0.2, 0.25) is 0 Å². The highest BCUT2D eigenvalue weighted by atomic mass is 16.5. The molecule has 0 saturated carbocycles. The van der Waals surface area contributed by atoms with Gasteiger partial charge in [0.05, 0.1) is 12.2 Å². The minimum Gasteiger partial charge on any atom is -0.462 e. The number of nitrogens with zero attached hydrogens (tertiary/aromatic N) is 1. The average molecular weight is 465 g/mol. The number of benzene rings is 2. The van der Waals surface area contributed by atoms with Crippen molar-refractivity contribution in [3.05, 3.63) is 124 Å². The zero-order valence-electron chi connectivity index (χ0n) is 19.7. The Morgan fingerprint density at radius 2 is 1.63 bits per heavy atom. The second kappa shape index (κ2) is 10.1. The Morgan fingerprint density at radius 1 is 0.943 bits per heavy atom. The van der Waals surface area contributed by atoms with Crippen LogP contribution in [-0.2, 0) is 20.7 Å². The molecule has 35 heavy (non-hydrogen) atoms. The number of ether oxygens (including phenoxy) is 1. The Morgan fingerprint density at radius 3 is 2.34 bits per heavy atom. The van der Waals surface area contributed by atoms with Crippen LogP contribution in [0.3, 0.4) is 0 Å². The predicted octanol–water partition coefficient (Wildman–Crippen LogP) is 5.23. The van der Waals surface area contributed by atoms with Gasteiger partial charge in [-0.2, -0.15) is 0 Å². The number of Topliss-reactive ketones (excluding diaryl/α,β-unsaturated/α-hetero) is 1. The van der Waals surface area contributed by atoms with Crippen LogP contribution in [-0.4, -0.2) is 23.3 Å². The highest BCUT2D eigenvalue weighted by molar-refractivity contribution is 6.04. The van der Waals surface area contributed by atoms with E-state index in [9.17, 15) is 9.59 Å². The fraction of sp³-hybridized carbons (Fsp3) is 0.233. The molecular weight excluding hydrogens is 436 g/mol. The molecule has 0 saturated heterocycles. The molecule has 3 aromatic rings. The standard InChI is InChI=1S/C30H28N2O3/c1-20-27(30(34)35-17-14-21-8-4-2-5-9-21)28(23-12-15-31-16-13-23)29-25(32-20)18-24(19-26(29)33)22-10-6-3-7-11-22/h2-13,15-16,24,28,32H,14,17-19H2,1H3/t24-,28-/m1/s1. The van der Waals surface area contributed by atoms with Gasteiger partial charge in [0.1, 0.15) is 0 Å². The number of aromatic nitrogens is 1. The maximum absolute atomic E-state index is 13.6. The van der Waals surface area contributed by atoms with Gasteiger partial charge >= 0.3 is 5.97 Å². The lowest BCUT2D eigenvalue weighted by Crippen LogP contribution is -2.36. The van der Waals surface area contributed by atoms with Crippen molar-refractivity contribution < 1.29 is 14.3 Å². The third-order valence-electron chi connectivity index (χ3n) is 6.82. The smallest absolute Gasteiger partial charge is 0.336 e. The molecule has 5 rings (SSSR count). The van der Waals surface area contributed by atoms with E-state index in [0.29, 0.717) is 24.0 Å². The van der Waals surface area contributed by atoms with E-state index >= 15 is 0 Å². The summed E-state index contributed by atoms with van der Waals surface area (Å²) < 4.78 is 5.73. The van der Waals surface area contributed by atoms with Crippen LogP contribution in [0, 0.1) is 0 Å². The summed E-state index contributed by atoms with van der Waals surface area (Å²) >= 11 is 0. The maximum Gasteiger partial charge on any atom is 0.336 e. The number of dihydropyridines is 1. The van der Waals surface area contributed by atoms with Crippen molar-refractivity contribution in [2.24, 2.45) is 0 Å². The third kappa shape index (κ3) is 4.80. The number of ketones is 1. The highest BCUT2D eigenvalue weighted by Gasteiger charge is 2.41. The molecule has 0 unspecified atom stereocenters. The Kier molecular flexibility index (Phi) is 6.57. The van der Waals surface area contributed by atoms with E-state index in [2.05, 4.69) is 22.4 Å². The van der Waals surface area contributed by atoms with Gasteiger partial charge in [0.15, 0.2) is 5.78 Å². The zero-order valence-corrected chi connectivity index (χ0v) is 19.7. The van der Waals surface area contributed by atoms with Crippen molar-refractivity contribution in [1.29, 1.82) is 0 Å². The SMILES string of the molecule is CC1=C(C(=O)OCCc2ccccc2)[C@@H](c2ccncc2)C2=C(C[C@@H](c3ccccc3)CC2=O)N1. The van der Waals surface area contributed by atoms with Gasteiger partial charge < -0.3 is 10.1 Å². The van der Waals surface area contributed by atoms with Crippen molar-refractivity contribution in [2.75, 3.05) is 6.61 Å². The van der Waals surface area contributed by atoms with Gasteiger partial charge in [0, 0.05) is 48.1 Å². The fourth-order valence-corrected chi connectivity index (χ4v) is 5.14. The van der Waals surface area contributed by atoms with Gasteiger partial charge in [-0.05, 0) is 48.1 Å². The molecule has 1 N–H and O–H groups in total. The van der Waals surface area contributed by atoms with Crippen molar-refractivity contribution in [2.45, 2.75) is 38.0 Å². The molecular formula is C30H28N2O3. The lowest BCUT2D eigenvalue weighted by molar-refractivity contribution is -0.139. The van der Waals surface area contributed by atoms with Crippen molar-refractivity contribution in [3.8, 4) is 0 Å². The second-order valence-electron chi connectivity index (χ2n) is 9.08. The Bertz CT molecular complexity index is 1280. The number of hydrogen-bond donors (Lipinski definition) is 1. The molecule has 5 heteroatoms. The van der Waals surface area contributed by atoms with E-state index in [-0.39, 0.29) is 18.3 Å². The van der Waals surface area contributed by atoms with Gasteiger partial charge in [-0.3, -0.25) is 9.78 Å². The molecule has 0 radical (unpaired) electrons. The number of carbonyl (C=O) groups is 2. The largest absolute Gasteiger partial charge is 0.462 e. The van der Waals surface area contributed by atoms with E-state index in [1.165, 1.54) is 0 Å². The molecule has 1 aliphatic carbocycles. The van der Waals surface area contributed by atoms with Gasteiger partial charge in [0.25, 0.3) is 0 Å². The van der Waals surface area contributed by atoms with Crippen LogP contribution < -0.4 is 5.32 Å². The summed E-state index contributed by atoms with van der Waals surface area (Å²) in [7, 11) is 0. The number of pyridine rings is 1. The number of allylic oxidation sites excluding steroid dienone is 3. The number of nitrogens with one attached hydrogen (secondary N) is 1. The van der Waals surface area contributed by atoms with Crippen molar-refractivity contribution in [3.63, 3.8) is 0 Å². The van der Waals surface area contributed by atoms with Crippen LogP contribution in [0.15, 0.2) is 108 Å². The molecule has 2 atom stereocenters. The molecule has 0 fully saturated rings. The normalized spacial score (nSPS) is 19.7. The topological polar surface area (TPSA) is 68.3 Å². The summed E-state index contributed by atoms with van der Waals surface area (Å²) in [4.78, 5) is 31.1. The number of carbonyl (C=O) groups excluding carboxylic acids is 2. The van der Waals surface area contributed by atoms with Crippen LogP contribution in [0.1, 0.15) is 48.3 Å². The predicted molar refractivity (Wildman–Crippen MR) is 134 cm³/mol. The van der Waals surface area contributed by atoms with E-state index in [1.807, 2.05) is 67.6 Å². The first kappa shape index (κ1) is 22.8. The summed E-state index contributed by atoms with van der Waals surface area (Å²) in [6.07, 6.45) is 5.18. The third-order valence-corrected chi connectivity index (χ3v) is 6.82. The first-order chi connectivity index (χ1) is 17.1. The van der Waals surface area contributed by atoms with Crippen LogP contribution in [0.4, 0.5) is 0 Å². The summed E-state index contributed by atoms with van der Waals surface area (Å²) in [5, 5.41) is 3.41. The molecule has 1 aromatic heterocycles. The van der Waals surface area contributed by atoms with Gasteiger partial charge in [-0.1, -0.05) is 60.7 Å². The average Bonchev–Trinajstić information content (AvgIpc) is 2.89. The summed E-state index contributed by atoms with van der Waals surface area (Å²) in [5.74, 6) is -0.684. The highest BCUT2D eigenvalue weighted by Crippen LogP contribution is 2.45. The molecule has 1 aliphatic heterocycles. The first-order valence-electron chi connectivity index (χ1n) is 12.0. The minimum atomic E-state index is -0.470. The molecule has 176 valence electrons. The first-order valence-corrected chi connectivity index (χ1v) is 12.0. The Balaban J connectivity index is 1.44. The zero-order chi connectivity index (χ0) is 24.2. The van der Waals surface area contributed by atoms with Crippen LogP contribution >= 0.6 is 0 Å². The molecule has 0 amide bonds. The molecule has 5 nitrogen and oxygen atoms in total. The monoisotopic (exact) mass is 464 g/mol.